The zero-order valence-corrected chi connectivity index (χ0v) is 12.4. The molecule has 3 unspecified atom stereocenters. The topological polar surface area (TPSA) is 47.7 Å². The summed E-state index contributed by atoms with van der Waals surface area (Å²) >= 11 is 0. The molecular weight excluding hydrogens is 228 g/mol. The van der Waals surface area contributed by atoms with Gasteiger partial charge in [-0.2, -0.15) is 0 Å². The van der Waals surface area contributed by atoms with E-state index in [0.29, 0.717) is 12.0 Å². The highest BCUT2D eigenvalue weighted by Crippen LogP contribution is 2.41. The van der Waals surface area contributed by atoms with Gasteiger partial charge in [-0.1, -0.05) is 0 Å². The van der Waals surface area contributed by atoms with Gasteiger partial charge in [-0.25, -0.2) is 0 Å². The van der Waals surface area contributed by atoms with Crippen molar-refractivity contribution in [3.63, 3.8) is 0 Å². The first-order valence-corrected chi connectivity index (χ1v) is 6.98. The highest BCUT2D eigenvalue weighted by Gasteiger charge is 2.52. The first-order chi connectivity index (χ1) is 8.24. The third kappa shape index (κ3) is 2.57. The van der Waals surface area contributed by atoms with Gasteiger partial charge >= 0.3 is 0 Å². The Labute approximate surface area is 111 Å². The Hall–Kier alpha value is -0.160. The van der Waals surface area contributed by atoms with E-state index in [4.69, 9.17) is 15.2 Å². The van der Waals surface area contributed by atoms with Crippen LogP contribution in [-0.2, 0) is 9.47 Å². The lowest BCUT2D eigenvalue weighted by atomic mass is 9.82. The molecular formula is C14H28N2O2. The average molecular weight is 256 g/mol. The molecule has 2 heterocycles. The minimum Gasteiger partial charge on any atom is -0.380 e. The summed E-state index contributed by atoms with van der Waals surface area (Å²) in [5.41, 5.74) is 6.01. The Bertz CT molecular complexity index is 298. The van der Waals surface area contributed by atoms with Crippen molar-refractivity contribution >= 4 is 0 Å². The lowest BCUT2D eigenvalue weighted by Crippen LogP contribution is -2.49. The molecule has 0 saturated carbocycles. The molecule has 18 heavy (non-hydrogen) atoms. The van der Waals surface area contributed by atoms with Crippen molar-refractivity contribution in [3.8, 4) is 0 Å². The molecule has 0 aromatic rings. The zero-order valence-electron chi connectivity index (χ0n) is 12.4. The maximum absolute atomic E-state index is 6.40. The smallest absolute Gasteiger partial charge is 0.0788 e. The summed E-state index contributed by atoms with van der Waals surface area (Å²) in [5.74, 6) is 0.359. The maximum atomic E-state index is 6.40. The van der Waals surface area contributed by atoms with E-state index in [9.17, 15) is 0 Å². The molecule has 0 bridgehead atoms. The normalized spacial score (nSPS) is 38.5. The predicted octanol–water partition coefficient (Wildman–Crippen LogP) is 1.24. The van der Waals surface area contributed by atoms with Crippen LogP contribution in [0, 0.1) is 5.92 Å². The van der Waals surface area contributed by atoms with Crippen LogP contribution in [0.1, 0.15) is 34.1 Å². The molecule has 0 amide bonds. The molecule has 2 aliphatic rings. The predicted molar refractivity (Wildman–Crippen MR) is 72.6 cm³/mol. The molecule has 4 heteroatoms. The van der Waals surface area contributed by atoms with Crippen LogP contribution in [0.25, 0.3) is 0 Å². The van der Waals surface area contributed by atoms with Gasteiger partial charge in [0.25, 0.3) is 0 Å². The number of nitrogens with zero attached hydrogens (tertiary/aromatic N) is 1. The van der Waals surface area contributed by atoms with Crippen molar-refractivity contribution in [1.29, 1.82) is 0 Å². The molecule has 0 radical (unpaired) electrons. The van der Waals surface area contributed by atoms with E-state index in [-0.39, 0.29) is 17.2 Å². The van der Waals surface area contributed by atoms with Crippen LogP contribution < -0.4 is 5.73 Å². The molecule has 2 aliphatic heterocycles. The molecule has 4 nitrogen and oxygen atoms in total. The number of hydrogen-bond acceptors (Lipinski definition) is 4. The fraction of sp³-hybridized carbons (Fsp3) is 1.00. The fourth-order valence-electron chi connectivity index (χ4n) is 3.40. The van der Waals surface area contributed by atoms with Crippen molar-refractivity contribution in [1.82, 2.24) is 4.90 Å². The first-order valence-electron chi connectivity index (χ1n) is 6.98. The summed E-state index contributed by atoms with van der Waals surface area (Å²) in [4.78, 5) is 2.39. The van der Waals surface area contributed by atoms with Gasteiger partial charge in [0.05, 0.1) is 17.8 Å². The summed E-state index contributed by atoms with van der Waals surface area (Å²) in [5, 5.41) is 0. The van der Waals surface area contributed by atoms with Crippen molar-refractivity contribution in [3.05, 3.63) is 0 Å². The summed E-state index contributed by atoms with van der Waals surface area (Å²) in [6, 6.07) is 0.619. The third-order valence-corrected chi connectivity index (χ3v) is 4.67. The molecule has 2 saturated heterocycles. The Balaban J connectivity index is 2.03. The second-order valence-electron chi connectivity index (χ2n) is 6.90. The largest absolute Gasteiger partial charge is 0.380 e. The van der Waals surface area contributed by atoms with E-state index in [0.717, 1.165) is 26.2 Å². The van der Waals surface area contributed by atoms with Gasteiger partial charge < -0.3 is 20.1 Å². The van der Waals surface area contributed by atoms with Crippen LogP contribution in [0.5, 0.6) is 0 Å². The van der Waals surface area contributed by atoms with E-state index in [2.05, 4.69) is 39.6 Å². The third-order valence-electron chi connectivity index (χ3n) is 4.67. The van der Waals surface area contributed by atoms with Crippen LogP contribution in [0.3, 0.4) is 0 Å². The molecule has 0 aromatic carbocycles. The quantitative estimate of drug-likeness (QED) is 0.825. The van der Waals surface area contributed by atoms with E-state index in [1.807, 2.05) is 0 Å². The Kier molecular flexibility index (Phi) is 3.76. The van der Waals surface area contributed by atoms with Gasteiger partial charge in [0.15, 0.2) is 0 Å². The van der Waals surface area contributed by atoms with Crippen LogP contribution in [0.15, 0.2) is 0 Å². The monoisotopic (exact) mass is 256 g/mol. The molecule has 0 aromatic heterocycles. The Morgan fingerprint density at radius 3 is 2.33 bits per heavy atom. The standard InChI is InChI=1S/C14H28N2O2/c1-13(2)11(12(15)14(3,4)18-13)8-16(5)10-6-7-17-9-10/h10-12H,6-9,15H2,1-5H3. The maximum Gasteiger partial charge on any atom is 0.0788 e. The van der Waals surface area contributed by atoms with Crippen molar-refractivity contribution in [2.45, 2.75) is 57.4 Å². The van der Waals surface area contributed by atoms with Gasteiger partial charge in [-0.15, -0.1) is 0 Å². The van der Waals surface area contributed by atoms with Gasteiger partial charge in [0, 0.05) is 31.2 Å². The van der Waals surface area contributed by atoms with Gasteiger partial charge in [0.2, 0.25) is 0 Å². The summed E-state index contributed by atoms with van der Waals surface area (Å²) in [6.07, 6.45) is 1.13. The van der Waals surface area contributed by atoms with Crippen LogP contribution >= 0.6 is 0 Å². The number of likely N-dealkylation sites (N-methyl/N-ethyl adjacent to an activating group) is 1. The fourth-order valence-corrected chi connectivity index (χ4v) is 3.40. The van der Waals surface area contributed by atoms with E-state index in [1.165, 1.54) is 0 Å². The molecule has 0 spiro atoms. The lowest BCUT2D eigenvalue weighted by Gasteiger charge is -2.33. The van der Waals surface area contributed by atoms with Gasteiger partial charge in [0.1, 0.15) is 0 Å². The van der Waals surface area contributed by atoms with Crippen molar-refractivity contribution in [2.24, 2.45) is 11.7 Å². The number of hydrogen-bond donors (Lipinski definition) is 1. The van der Waals surface area contributed by atoms with Crippen molar-refractivity contribution in [2.75, 3.05) is 26.8 Å². The minimum atomic E-state index is -0.235. The SMILES string of the molecule is CN(CC1C(N)C(C)(C)OC1(C)C)C1CCOC1. The van der Waals surface area contributed by atoms with Gasteiger partial charge in [-0.05, 0) is 41.2 Å². The van der Waals surface area contributed by atoms with Crippen LogP contribution in [0.4, 0.5) is 0 Å². The van der Waals surface area contributed by atoms with Crippen LogP contribution in [-0.4, -0.2) is 55.0 Å². The molecule has 2 fully saturated rings. The molecule has 2 N–H and O–H groups in total. The first kappa shape index (κ1) is 14.3. The minimum absolute atomic E-state index is 0.0808. The number of nitrogens with two attached hydrogens (primary N) is 1. The second-order valence-corrected chi connectivity index (χ2v) is 6.90. The van der Waals surface area contributed by atoms with E-state index >= 15 is 0 Å². The Morgan fingerprint density at radius 2 is 1.89 bits per heavy atom. The van der Waals surface area contributed by atoms with Crippen LogP contribution in [0.2, 0.25) is 0 Å². The summed E-state index contributed by atoms with van der Waals surface area (Å²) < 4.78 is 11.6. The zero-order chi connectivity index (χ0) is 13.6. The number of ether oxygens (including phenoxy) is 2. The summed E-state index contributed by atoms with van der Waals surface area (Å²) in [6.45, 7) is 11.2. The van der Waals surface area contributed by atoms with Gasteiger partial charge in [-0.3, -0.25) is 0 Å². The second kappa shape index (κ2) is 4.75. The van der Waals surface area contributed by atoms with E-state index in [1.54, 1.807) is 0 Å². The molecule has 2 rings (SSSR count). The lowest BCUT2D eigenvalue weighted by molar-refractivity contribution is -0.0787. The highest BCUT2D eigenvalue weighted by molar-refractivity contribution is 5.04. The molecule has 3 atom stereocenters. The van der Waals surface area contributed by atoms with Crippen molar-refractivity contribution < 1.29 is 9.47 Å². The highest BCUT2D eigenvalue weighted by atomic mass is 16.5. The summed E-state index contributed by atoms with van der Waals surface area (Å²) in [7, 11) is 2.17. The molecule has 0 aliphatic carbocycles. The number of rotatable bonds is 3. The Morgan fingerprint density at radius 1 is 1.22 bits per heavy atom. The molecule has 106 valence electrons. The van der Waals surface area contributed by atoms with E-state index < -0.39 is 0 Å². The average Bonchev–Trinajstić information content (AvgIpc) is 2.79.